The number of carbonyl (C=O) groups excluding carboxylic acids is 1. The van der Waals surface area contributed by atoms with E-state index in [1.54, 1.807) is 0 Å². The molecule has 1 aromatic heterocycles. The van der Waals surface area contributed by atoms with Crippen molar-refractivity contribution in [2.45, 2.75) is 26.7 Å². The zero-order chi connectivity index (χ0) is 19.1. The van der Waals surface area contributed by atoms with Crippen LogP contribution in [0.5, 0.6) is 0 Å². The van der Waals surface area contributed by atoms with E-state index in [0.717, 1.165) is 39.8 Å². The van der Waals surface area contributed by atoms with Gasteiger partial charge in [-0.15, -0.1) is 11.3 Å². The number of nitrogens with one attached hydrogen (secondary N) is 2. The summed E-state index contributed by atoms with van der Waals surface area (Å²) in [6, 6.07) is 17.7. The number of hydrogen-bond donors (Lipinski definition) is 2. The number of hydrazone groups is 1. The second-order valence-electron chi connectivity index (χ2n) is 6.09. The fourth-order valence-corrected chi connectivity index (χ4v) is 3.17. The SMILES string of the molecule is CCCC(=O)Nc1ccc(-c2csc(NN=C(C)c3ccccc3)n2)cc1. The van der Waals surface area contributed by atoms with Crippen LogP contribution in [-0.4, -0.2) is 16.6 Å². The number of carbonyl (C=O) groups is 1. The topological polar surface area (TPSA) is 66.4 Å². The van der Waals surface area contributed by atoms with Gasteiger partial charge in [0.05, 0.1) is 11.4 Å². The summed E-state index contributed by atoms with van der Waals surface area (Å²) in [6.07, 6.45) is 1.37. The van der Waals surface area contributed by atoms with Gasteiger partial charge in [0.15, 0.2) is 0 Å². The molecule has 27 heavy (non-hydrogen) atoms. The average molecular weight is 379 g/mol. The van der Waals surface area contributed by atoms with Crippen LogP contribution >= 0.6 is 11.3 Å². The first-order chi connectivity index (χ1) is 13.2. The molecule has 0 aliphatic rings. The van der Waals surface area contributed by atoms with Gasteiger partial charge < -0.3 is 5.32 Å². The van der Waals surface area contributed by atoms with E-state index in [1.807, 2.05) is 73.8 Å². The Hall–Kier alpha value is -2.99. The van der Waals surface area contributed by atoms with Crippen molar-refractivity contribution in [2.24, 2.45) is 5.10 Å². The van der Waals surface area contributed by atoms with Crippen molar-refractivity contribution in [2.75, 3.05) is 10.7 Å². The molecule has 2 aromatic carbocycles. The van der Waals surface area contributed by atoms with Gasteiger partial charge in [-0.3, -0.25) is 10.2 Å². The number of nitrogens with zero attached hydrogens (tertiary/aromatic N) is 2. The Labute approximate surface area is 163 Å². The van der Waals surface area contributed by atoms with E-state index in [1.165, 1.54) is 11.3 Å². The Kier molecular flexibility index (Phi) is 6.33. The van der Waals surface area contributed by atoms with Crippen LogP contribution in [0.4, 0.5) is 10.8 Å². The first-order valence-electron chi connectivity index (χ1n) is 8.87. The highest BCUT2D eigenvalue weighted by molar-refractivity contribution is 7.14. The number of thiazole rings is 1. The Morgan fingerprint density at radius 2 is 1.85 bits per heavy atom. The summed E-state index contributed by atoms with van der Waals surface area (Å²) in [6.45, 7) is 3.95. The van der Waals surface area contributed by atoms with Crippen LogP contribution in [0.3, 0.4) is 0 Å². The van der Waals surface area contributed by atoms with E-state index in [9.17, 15) is 4.79 Å². The van der Waals surface area contributed by atoms with Crippen LogP contribution in [0.2, 0.25) is 0 Å². The summed E-state index contributed by atoms with van der Waals surface area (Å²) >= 11 is 1.50. The first-order valence-corrected chi connectivity index (χ1v) is 9.75. The third-order valence-electron chi connectivity index (χ3n) is 3.96. The maximum atomic E-state index is 11.7. The highest BCUT2D eigenvalue weighted by Crippen LogP contribution is 2.26. The van der Waals surface area contributed by atoms with E-state index < -0.39 is 0 Å². The maximum absolute atomic E-state index is 11.7. The predicted octanol–water partition coefficient (Wildman–Crippen LogP) is 5.38. The van der Waals surface area contributed by atoms with Crippen molar-refractivity contribution < 1.29 is 4.79 Å². The standard InChI is InChI=1S/C21H22N4OS/c1-3-7-20(26)22-18-12-10-17(11-13-18)19-14-27-21(23-19)25-24-15(2)16-8-5-4-6-9-16/h4-6,8-14H,3,7H2,1-2H3,(H,22,26)(H,23,25). The van der Waals surface area contributed by atoms with E-state index in [2.05, 4.69) is 20.8 Å². The highest BCUT2D eigenvalue weighted by atomic mass is 32.1. The quantitative estimate of drug-likeness (QED) is 0.428. The zero-order valence-electron chi connectivity index (χ0n) is 15.4. The summed E-state index contributed by atoms with van der Waals surface area (Å²) in [5, 5.41) is 10.0. The van der Waals surface area contributed by atoms with Crippen molar-refractivity contribution >= 4 is 33.8 Å². The Morgan fingerprint density at radius 3 is 2.56 bits per heavy atom. The molecule has 0 saturated carbocycles. The Morgan fingerprint density at radius 1 is 1.11 bits per heavy atom. The molecule has 3 rings (SSSR count). The van der Waals surface area contributed by atoms with Gasteiger partial charge in [-0.25, -0.2) is 4.98 Å². The molecule has 3 aromatic rings. The van der Waals surface area contributed by atoms with Crippen molar-refractivity contribution in [3.05, 3.63) is 65.5 Å². The van der Waals surface area contributed by atoms with Crippen molar-refractivity contribution in [1.82, 2.24) is 4.98 Å². The molecule has 1 heterocycles. The molecule has 5 nitrogen and oxygen atoms in total. The summed E-state index contributed by atoms with van der Waals surface area (Å²) in [7, 11) is 0. The van der Waals surface area contributed by atoms with Crippen LogP contribution in [0, 0.1) is 0 Å². The van der Waals surface area contributed by atoms with Crippen LogP contribution in [0.25, 0.3) is 11.3 Å². The Bertz CT molecular complexity index is 917. The minimum atomic E-state index is 0.0389. The molecule has 6 heteroatoms. The van der Waals surface area contributed by atoms with Gasteiger partial charge in [-0.1, -0.05) is 49.4 Å². The molecule has 0 saturated heterocycles. The first kappa shape index (κ1) is 18.8. The van der Waals surface area contributed by atoms with Gasteiger partial charge in [0, 0.05) is 23.1 Å². The lowest BCUT2D eigenvalue weighted by Gasteiger charge is -2.05. The van der Waals surface area contributed by atoms with Gasteiger partial charge in [-0.05, 0) is 31.0 Å². The summed E-state index contributed by atoms with van der Waals surface area (Å²) in [5.41, 5.74) is 7.67. The lowest BCUT2D eigenvalue weighted by Crippen LogP contribution is -2.10. The highest BCUT2D eigenvalue weighted by Gasteiger charge is 2.06. The van der Waals surface area contributed by atoms with E-state index in [-0.39, 0.29) is 5.91 Å². The van der Waals surface area contributed by atoms with Crippen LogP contribution in [0.15, 0.2) is 65.1 Å². The minimum Gasteiger partial charge on any atom is -0.326 e. The van der Waals surface area contributed by atoms with Crippen molar-refractivity contribution in [3.8, 4) is 11.3 Å². The van der Waals surface area contributed by atoms with E-state index in [4.69, 9.17) is 0 Å². The predicted molar refractivity (Wildman–Crippen MR) is 113 cm³/mol. The second kappa shape index (κ2) is 9.09. The number of rotatable bonds is 7. The Balaban J connectivity index is 1.64. The summed E-state index contributed by atoms with van der Waals surface area (Å²) in [4.78, 5) is 16.2. The number of aromatic nitrogens is 1. The smallest absolute Gasteiger partial charge is 0.224 e. The number of anilines is 2. The second-order valence-corrected chi connectivity index (χ2v) is 6.95. The normalized spacial score (nSPS) is 11.3. The molecular formula is C21H22N4OS. The number of benzene rings is 2. The third kappa shape index (κ3) is 5.24. The average Bonchev–Trinajstić information content (AvgIpc) is 3.16. The third-order valence-corrected chi connectivity index (χ3v) is 4.70. The molecule has 0 bridgehead atoms. The van der Waals surface area contributed by atoms with Crippen molar-refractivity contribution in [1.29, 1.82) is 0 Å². The largest absolute Gasteiger partial charge is 0.326 e. The lowest BCUT2D eigenvalue weighted by atomic mass is 10.1. The van der Waals surface area contributed by atoms with E-state index >= 15 is 0 Å². The molecule has 2 N–H and O–H groups in total. The summed E-state index contributed by atoms with van der Waals surface area (Å²) < 4.78 is 0. The molecule has 0 radical (unpaired) electrons. The van der Waals surface area contributed by atoms with Crippen LogP contribution in [0.1, 0.15) is 32.3 Å². The van der Waals surface area contributed by atoms with Gasteiger partial charge in [0.2, 0.25) is 11.0 Å². The molecule has 0 aliphatic heterocycles. The molecule has 0 spiro atoms. The maximum Gasteiger partial charge on any atom is 0.224 e. The number of amides is 1. The van der Waals surface area contributed by atoms with E-state index in [0.29, 0.717) is 6.42 Å². The molecule has 138 valence electrons. The molecule has 0 aliphatic carbocycles. The fraction of sp³-hybridized carbons (Fsp3) is 0.190. The fourth-order valence-electron chi connectivity index (χ4n) is 2.51. The zero-order valence-corrected chi connectivity index (χ0v) is 16.2. The number of hydrogen-bond acceptors (Lipinski definition) is 5. The summed E-state index contributed by atoms with van der Waals surface area (Å²) in [5.74, 6) is 0.0389. The van der Waals surface area contributed by atoms with Gasteiger partial charge in [0.25, 0.3) is 0 Å². The van der Waals surface area contributed by atoms with Crippen LogP contribution in [-0.2, 0) is 4.79 Å². The molecule has 1 amide bonds. The lowest BCUT2D eigenvalue weighted by molar-refractivity contribution is -0.116. The van der Waals surface area contributed by atoms with Gasteiger partial charge in [-0.2, -0.15) is 5.10 Å². The van der Waals surface area contributed by atoms with Crippen molar-refractivity contribution in [3.63, 3.8) is 0 Å². The van der Waals surface area contributed by atoms with Gasteiger partial charge in [0.1, 0.15) is 0 Å². The molecular weight excluding hydrogens is 356 g/mol. The molecule has 0 atom stereocenters. The monoisotopic (exact) mass is 378 g/mol. The minimum absolute atomic E-state index is 0.0389. The van der Waals surface area contributed by atoms with Crippen LogP contribution < -0.4 is 10.7 Å². The molecule has 0 unspecified atom stereocenters. The molecule has 0 fully saturated rings. The van der Waals surface area contributed by atoms with Gasteiger partial charge >= 0.3 is 0 Å².